The summed E-state index contributed by atoms with van der Waals surface area (Å²) in [6, 6.07) is 0. The van der Waals surface area contributed by atoms with Crippen molar-refractivity contribution in [2.24, 2.45) is 0 Å². The lowest BCUT2D eigenvalue weighted by Gasteiger charge is -1.48. The van der Waals surface area contributed by atoms with Crippen molar-refractivity contribution in [3.63, 3.8) is 0 Å². The van der Waals surface area contributed by atoms with Crippen LogP contribution in [-0.4, -0.2) is 0 Å². The predicted molar refractivity (Wildman–Crippen MR) is 38.3 cm³/mol. The highest BCUT2D eigenvalue weighted by Gasteiger charge is 1.35. The Morgan fingerprint density at radius 3 is 1.00 bits per heavy atom. The van der Waals surface area contributed by atoms with E-state index >= 15 is 0 Å². The third kappa shape index (κ3) is 0. The molecule has 0 atom stereocenters. The van der Waals surface area contributed by atoms with E-state index in [0.29, 0.717) is 0 Å². The van der Waals surface area contributed by atoms with Gasteiger partial charge in [0.25, 0.3) is 0 Å². The normalized spacial score (nSPS) is 3.00. The van der Waals surface area contributed by atoms with E-state index in [1.54, 1.807) is 0 Å². The highest BCUT2D eigenvalue weighted by Crippen LogP contribution is 1.56. The summed E-state index contributed by atoms with van der Waals surface area (Å²) >= 11 is 0. The molecule has 0 saturated heterocycles. The van der Waals surface area contributed by atoms with Crippen LogP contribution < -0.4 is 0 Å². The molecule has 0 bridgehead atoms. The number of hydrogen-bond acceptors (Lipinski definition) is 0. The first-order valence-corrected chi connectivity index (χ1v) is 1.41. The maximum atomic E-state index is 2.12. The Labute approximate surface area is 45.1 Å². The van der Waals surface area contributed by atoms with Crippen LogP contribution in [0.15, 0.2) is 0 Å². The zero-order valence-electron chi connectivity index (χ0n) is 2.71. The lowest BCUT2D eigenvalue weighted by atomic mass is 10.6. The zero-order chi connectivity index (χ0) is 2.71. The van der Waals surface area contributed by atoms with E-state index in [4.69, 9.17) is 0 Å². The molecule has 0 fully saturated rings. The SMILES string of the molecule is C.C.C.CCC.[HH]. The molecule has 0 radical (unpaired) electrons. The zero-order valence-corrected chi connectivity index (χ0v) is 2.71. The van der Waals surface area contributed by atoms with Crippen molar-refractivity contribution in [3.05, 3.63) is 0 Å². The predicted octanol–water partition coefficient (Wildman–Crippen LogP) is 3.57. The first-order valence-electron chi connectivity index (χ1n) is 1.41. The van der Waals surface area contributed by atoms with E-state index in [-0.39, 0.29) is 23.7 Å². The van der Waals surface area contributed by atoms with Crippen molar-refractivity contribution >= 4 is 0 Å². The van der Waals surface area contributed by atoms with Gasteiger partial charge in [0, 0.05) is 1.43 Å². The van der Waals surface area contributed by atoms with E-state index in [0.717, 1.165) is 0 Å². The van der Waals surface area contributed by atoms with Crippen LogP contribution in [0.5, 0.6) is 0 Å². The van der Waals surface area contributed by atoms with E-state index in [9.17, 15) is 0 Å². The van der Waals surface area contributed by atoms with Crippen LogP contribution in [0, 0.1) is 0 Å². The second kappa shape index (κ2) is 80.0. The van der Waals surface area contributed by atoms with Gasteiger partial charge >= 0.3 is 0 Å². The molecular weight excluding hydrogens is 72.1 g/mol. The molecule has 0 aliphatic carbocycles. The Kier molecular flexibility index (Phi) is 500. The molecule has 46 valence electrons. The Balaban J connectivity index is -0.00000000333. The van der Waals surface area contributed by atoms with Gasteiger partial charge in [0.1, 0.15) is 0 Å². The summed E-state index contributed by atoms with van der Waals surface area (Å²) in [6.07, 6.45) is 1.25. The minimum Gasteiger partial charge on any atom is -0.0776 e. The standard InChI is InChI=1S/C3H8.3CH4.H2/c1-3-2;;;;/h3H2,1-2H3;3*1H4;1H. The Hall–Kier alpha value is 0. The van der Waals surface area contributed by atoms with Gasteiger partial charge < -0.3 is 0 Å². The Bertz CT molecular complexity index is 4.14. The van der Waals surface area contributed by atoms with Gasteiger partial charge in [0.2, 0.25) is 0 Å². The highest BCUT2D eigenvalue weighted by atomic mass is 13.4. The van der Waals surface area contributed by atoms with Crippen LogP contribution in [0.25, 0.3) is 0 Å². The van der Waals surface area contributed by atoms with E-state index in [1.807, 2.05) is 0 Å². The van der Waals surface area contributed by atoms with Gasteiger partial charge in [-0.3, -0.25) is 0 Å². The fourth-order valence-corrected chi connectivity index (χ4v) is 0. The smallest absolute Gasteiger partial charge is 0 e. The van der Waals surface area contributed by atoms with Gasteiger partial charge in [0.15, 0.2) is 0 Å². The van der Waals surface area contributed by atoms with Crippen molar-refractivity contribution in [1.29, 1.82) is 0 Å². The Morgan fingerprint density at radius 1 is 1.00 bits per heavy atom. The van der Waals surface area contributed by atoms with Crippen LogP contribution in [0.1, 0.15) is 44.0 Å². The minimum absolute atomic E-state index is 0. The van der Waals surface area contributed by atoms with Crippen LogP contribution in [0.4, 0.5) is 0 Å². The van der Waals surface area contributed by atoms with Crippen molar-refractivity contribution < 1.29 is 1.43 Å². The third-order valence-corrected chi connectivity index (χ3v) is 0. The van der Waals surface area contributed by atoms with E-state index in [2.05, 4.69) is 13.8 Å². The minimum atomic E-state index is 0. The summed E-state index contributed by atoms with van der Waals surface area (Å²) in [7, 11) is 0. The van der Waals surface area contributed by atoms with Crippen molar-refractivity contribution in [2.75, 3.05) is 0 Å². The second-order valence-corrected chi connectivity index (χ2v) is 0.707. The van der Waals surface area contributed by atoms with Gasteiger partial charge in [-0.2, -0.15) is 0 Å². The first-order chi connectivity index (χ1) is 1.41. The average molecular weight is 94.2 g/mol. The molecule has 0 saturated carbocycles. The lowest BCUT2D eigenvalue weighted by Crippen LogP contribution is -1.27. The fourth-order valence-electron chi connectivity index (χ4n) is 0. The van der Waals surface area contributed by atoms with Crippen LogP contribution in [0.2, 0.25) is 0 Å². The molecule has 6 heavy (non-hydrogen) atoms. The lowest BCUT2D eigenvalue weighted by molar-refractivity contribution is 1.09. The van der Waals surface area contributed by atoms with E-state index in [1.165, 1.54) is 6.42 Å². The molecule has 0 aliphatic rings. The van der Waals surface area contributed by atoms with Crippen molar-refractivity contribution in [2.45, 2.75) is 42.5 Å². The molecule has 0 heterocycles. The molecule has 0 N–H and O–H groups in total. The fraction of sp³-hybridized carbons (Fsp3) is 1.00. The van der Waals surface area contributed by atoms with Gasteiger partial charge in [-0.05, 0) is 0 Å². The molecule has 0 aromatic carbocycles. The largest absolute Gasteiger partial charge is 0.0776 e. The molecule has 0 nitrogen and oxygen atoms in total. The summed E-state index contributed by atoms with van der Waals surface area (Å²) in [5.74, 6) is 0. The number of rotatable bonds is 0. The first kappa shape index (κ1) is 37.5. The highest BCUT2D eigenvalue weighted by molar-refractivity contribution is 3.92. The van der Waals surface area contributed by atoms with Gasteiger partial charge in [-0.25, -0.2) is 0 Å². The molecule has 0 aromatic rings. The maximum absolute atomic E-state index is 2.12. The van der Waals surface area contributed by atoms with Gasteiger partial charge in [-0.1, -0.05) is 42.5 Å². The monoisotopic (exact) mass is 94.2 g/mol. The van der Waals surface area contributed by atoms with E-state index < -0.39 is 0 Å². The summed E-state index contributed by atoms with van der Waals surface area (Å²) in [4.78, 5) is 0. The molecule has 0 spiro atoms. The van der Waals surface area contributed by atoms with Crippen molar-refractivity contribution in [3.8, 4) is 0 Å². The molecule has 0 aliphatic heterocycles. The molecular formula is C6H22. The Morgan fingerprint density at radius 2 is 1.00 bits per heavy atom. The van der Waals surface area contributed by atoms with Crippen LogP contribution in [-0.2, 0) is 0 Å². The van der Waals surface area contributed by atoms with Crippen LogP contribution in [0.3, 0.4) is 0 Å². The molecule has 0 rings (SSSR count). The molecule has 0 heteroatoms. The quantitative estimate of drug-likeness (QED) is 0.430. The third-order valence-electron chi connectivity index (χ3n) is 0. The molecule has 0 amide bonds. The van der Waals surface area contributed by atoms with Crippen LogP contribution >= 0.6 is 0 Å². The summed E-state index contributed by atoms with van der Waals surface area (Å²) in [5.41, 5.74) is 0. The maximum Gasteiger partial charge on any atom is 0 e. The average Bonchev–Trinajstić information content (AvgIpc) is 0.918. The molecule has 0 aromatic heterocycles. The van der Waals surface area contributed by atoms with Crippen molar-refractivity contribution in [1.82, 2.24) is 0 Å². The van der Waals surface area contributed by atoms with Gasteiger partial charge in [0.05, 0.1) is 0 Å². The summed E-state index contributed by atoms with van der Waals surface area (Å²) < 4.78 is 0. The second-order valence-electron chi connectivity index (χ2n) is 0.707. The number of hydrogen-bond donors (Lipinski definition) is 0. The summed E-state index contributed by atoms with van der Waals surface area (Å²) in [6.45, 7) is 4.25. The molecule has 0 unspecified atom stereocenters. The topological polar surface area (TPSA) is 0 Å². The summed E-state index contributed by atoms with van der Waals surface area (Å²) in [5, 5.41) is 0. The van der Waals surface area contributed by atoms with Gasteiger partial charge in [-0.15, -0.1) is 0 Å².